The molecule has 0 aliphatic heterocycles. The highest BCUT2D eigenvalue weighted by Crippen LogP contribution is 1.98. The summed E-state index contributed by atoms with van der Waals surface area (Å²) in [6.07, 6.45) is 1.53. The van der Waals surface area contributed by atoms with Crippen LogP contribution in [0.3, 0.4) is 0 Å². The molecule has 16 heavy (non-hydrogen) atoms. The second kappa shape index (κ2) is 7.84. The highest BCUT2D eigenvalue weighted by Gasteiger charge is 2.20. The summed E-state index contributed by atoms with van der Waals surface area (Å²) < 4.78 is 0. The molecule has 0 amide bonds. The van der Waals surface area contributed by atoms with Crippen LogP contribution >= 0.6 is 0 Å². The van der Waals surface area contributed by atoms with Crippen molar-refractivity contribution in [2.45, 2.75) is 31.4 Å². The highest BCUT2D eigenvalue weighted by atomic mass is 16.4. The van der Waals surface area contributed by atoms with Gasteiger partial charge in [-0.05, 0) is 12.8 Å². The zero-order chi connectivity index (χ0) is 12.6. The lowest BCUT2D eigenvalue weighted by Crippen LogP contribution is -2.42. The quantitative estimate of drug-likeness (QED) is 0.410. The maximum atomic E-state index is 10.6. The molecule has 0 saturated carbocycles. The molecule has 0 aromatic carbocycles. The molecule has 6 heteroatoms. The summed E-state index contributed by atoms with van der Waals surface area (Å²) in [6, 6.07) is -1.17. The monoisotopic (exact) mass is 231 g/mol. The Hall–Kier alpha value is -1.40. The average Bonchev–Trinajstić information content (AvgIpc) is 2.20. The van der Waals surface area contributed by atoms with Gasteiger partial charge in [0.1, 0.15) is 6.04 Å². The van der Waals surface area contributed by atoms with Crippen LogP contribution in [0.2, 0.25) is 0 Å². The Morgan fingerprint density at radius 1 is 1.38 bits per heavy atom. The topological polar surface area (TPSA) is 107 Å². The van der Waals surface area contributed by atoms with Gasteiger partial charge in [0.25, 0.3) is 0 Å². The predicted molar refractivity (Wildman–Crippen MR) is 57.1 cm³/mol. The lowest BCUT2D eigenvalue weighted by atomic mass is 10.1. The molecule has 0 aliphatic rings. The number of aliphatic carboxylic acids is 2. The zero-order valence-corrected chi connectivity index (χ0v) is 8.93. The first-order chi connectivity index (χ1) is 7.47. The summed E-state index contributed by atoms with van der Waals surface area (Å²) in [7, 11) is 0. The minimum Gasteiger partial charge on any atom is -0.481 e. The van der Waals surface area contributed by atoms with Crippen molar-refractivity contribution in [1.29, 1.82) is 0 Å². The molecule has 6 nitrogen and oxygen atoms in total. The number of carbonyl (C=O) groups is 2. The smallest absolute Gasteiger partial charge is 0.321 e. The van der Waals surface area contributed by atoms with Gasteiger partial charge in [-0.25, -0.2) is 0 Å². The van der Waals surface area contributed by atoms with Crippen LogP contribution in [0.1, 0.15) is 19.3 Å². The summed E-state index contributed by atoms with van der Waals surface area (Å²) in [6.45, 7) is 3.55. The summed E-state index contributed by atoms with van der Waals surface area (Å²) in [5, 5.41) is 29.0. The number of nitrogens with one attached hydrogen (secondary N) is 1. The molecule has 0 fully saturated rings. The van der Waals surface area contributed by atoms with Crippen LogP contribution in [0.4, 0.5) is 0 Å². The van der Waals surface area contributed by atoms with Crippen LogP contribution in [0, 0.1) is 0 Å². The number of aliphatic hydroxyl groups is 1. The number of aliphatic hydroxyl groups excluding tert-OH is 1. The van der Waals surface area contributed by atoms with E-state index >= 15 is 0 Å². The standard InChI is InChI=1S/C10H17NO5/c1-2-3-4-7(12)6-11-8(10(15)16)5-9(13)14/h2,7-8,11-12H,1,3-6H2,(H,13,14)(H,15,16). The van der Waals surface area contributed by atoms with Crippen LogP contribution in [0.15, 0.2) is 12.7 Å². The third kappa shape index (κ3) is 6.97. The fourth-order valence-corrected chi connectivity index (χ4v) is 1.11. The van der Waals surface area contributed by atoms with Gasteiger partial charge in [0.05, 0.1) is 12.5 Å². The van der Waals surface area contributed by atoms with E-state index in [0.29, 0.717) is 12.8 Å². The van der Waals surface area contributed by atoms with Crippen molar-refractivity contribution in [3.05, 3.63) is 12.7 Å². The van der Waals surface area contributed by atoms with Gasteiger partial charge in [0.15, 0.2) is 0 Å². The van der Waals surface area contributed by atoms with Crippen LogP contribution in [-0.2, 0) is 9.59 Å². The van der Waals surface area contributed by atoms with E-state index < -0.39 is 30.5 Å². The first-order valence-corrected chi connectivity index (χ1v) is 4.94. The molecule has 2 atom stereocenters. The number of allylic oxidation sites excluding steroid dienone is 1. The van der Waals surface area contributed by atoms with Gasteiger partial charge < -0.3 is 20.6 Å². The van der Waals surface area contributed by atoms with Crippen LogP contribution in [0.25, 0.3) is 0 Å². The van der Waals surface area contributed by atoms with E-state index in [4.69, 9.17) is 10.2 Å². The van der Waals surface area contributed by atoms with Gasteiger partial charge in [-0.3, -0.25) is 9.59 Å². The molecule has 92 valence electrons. The SMILES string of the molecule is C=CCCC(O)CNC(CC(=O)O)C(=O)O. The molecular formula is C10H17NO5. The van der Waals surface area contributed by atoms with Gasteiger partial charge >= 0.3 is 11.9 Å². The van der Waals surface area contributed by atoms with Crippen LogP contribution in [-0.4, -0.2) is 45.9 Å². The molecular weight excluding hydrogens is 214 g/mol. The summed E-state index contributed by atoms with van der Waals surface area (Å²) in [4.78, 5) is 21.0. The van der Waals surface area contributed by atoms with E-state index in [0.717, 1.165) is 0 Å². The van der Waals surface area contributed by atoms with Crippen LogP contribution in [0.5, 0.6) is 0 Å². The Bertz CT molecular complexity index is 254. The summed E-state index contributed by atoms with van der Waals surface area (Å²) in [5.74, 6) is -2.43. The molecule has 0 saturated heterocycles. The molecule has 0 bridgehead atoms. The highest BCUT2D eigenvalue weighted by molar-refractivity contribution is 5.80. The van der Waals surface area contributed by atoms with E-state index in [1.54, 1.807) is 6.08 Å². The van der Waals surface area contributed by atoms with Crippen molar-refractivity contribution < 1.29 is 24.9 Å². The van der Waals surface area contributed by atoms with Gasteiger partial charge in [0, 0.05) is 6.54 Å². The molecule has 0 heterocycles. The maximum absolute atomic E-state index is 10.6. The van der Waals surface area contributed by atoms with Gasteiger partial charge in [-0.1, -0.05) is 6.08 Å². The van der Waals surface area contributed by atoms with Crippen molar-refractivity contribution >= 4 is 11.9 Å². The normalized spacial score (nSPS) is 14.1. The first kappa shape index (κ1) is 14.6. The Labute approximate surface area is 93.6 Å². The second-order valence-corrected chi connectivity index (χ2v) is 3.42. The first-order valence-electron chi connectivity index (χ1n) is 4.94. The van der Waals surface area contributed by atoms with Crippen molar-refractivity contribution in [3.8, 4) is 0 Å². The third-order valence-electron chi connectivity index (χ3n) is 1.98. The van der Waals surface area contributed by atoms with Crippen molar-refractivity contribution in [2.75, 3.05) is 6.54 Å². The number of hydrogen-bond acceptors (Lipinski definition) is 4. The van der Waals surface area contributed by atoms with E-state index in [9.17, 15) is 14.7 Å². The van der Waals surface area contributed by atoms with Gasteiger partial charge in [-0.2, -0.15) is 0 Å². The predicted octanol–water partition coefficient (Wildman–Crippen LogP) is -0.169. The zero-order valence-electron chi connectivity index (χ0n) is 8.93. The molecule has 2 unspecified atom stereocenters. The van der Waals surface area contributed by atoms with Gasteiger partial charge in [0.2, 0.25) is 0 Å². The molecule has 0 aromatic heterocycles. The number of rotatable bonds is 9. The lowest BCUT2D eigenvalue weighted by Gasteiger charge is -2.15. The van der Waals surface area contributed by atoms with Crippen molar-refractivity contribution in [3.63, 3.8) is 0 Å². The molecule has 0 radical (unpaired) electrons. The van der Waals surface area contributed by atoms with Gasteiger partial charge in [-0.15, -0.1) is 6.58 Å². The molecule has 0 aliphatic carbocycles. The molecule has 4 N–H and O–H groups in total. The number of hydrogen-bond donors (Lipinski definition) is 4. The number of carboxylic acids is 2. The van der Waals surface area contributed by atoms with E-state index in [1.165, 1.54) is 0 Å². The number of carboxylic acid groups (broad SMARTS) is 2. The minimum atomic E-state index is -1.24. The maximum Gasteiger partial charge on any atom is 0.321 e. The third-order valence-corrected chi connectivity index (χ3v) is 1.98. The molecule has 0 rings (SSSR count). The fraction of sp³-hybridized carbons (Fsp3) is 0.600. The van der Waals surface area contributed by atoms with Crippen molar-refractivity contribution in [2.24, 2.45) is 0 Å². The average molecular weight is 231 g/mol. The summed E-state index contributed by atoms with van der Waals surface area (Å²) >= 11 is 0. The van der Waals surface area contributed by atoms with Crippen LogP contribution < -0.4 is 5.32 Å². The van der Waals surface area contributed by atoms with E-state index in [1.807, 2.05) is 0 Å². The van der Waals surface area contributed by atoms with E-state index in [-0.39, 0.29) is 6.54 Å². The molecule has 0 aromatic rings. The lowest BCUT2D eigenvalue weighted by molar-refractivity contribution is -0.146. The Balaban J connectivity index is 3.96. The molecule has 0 spiro atoms. The largest absolute Gasteiger partial charge is 0.481 e. The van der Waals surface area contributed by atoms with E-state index in [2.05, 4.69) is 11.9 Å². The van der Waals surface area contributed by atoms with Crippen molar-refractivity contribution in [1.82, 2.24) is 5.32 Å². The Kier molecular flexibility index (Phi) is 7.15. The Morgan fingerprint density at radius 2 is 2.00 bits per heavy atom. The Morgan fingerprint density at radius 3 is 2.44 bits per heavy atom. The minimum absolute atomic E-state index is 0.0537. The second-order valence-electron chi connectivity index (χ2n) is 3.42. The summed E-state index contributed by atoms with van der Waals surface area (Å²) in [5.41, 5.74) is 0. The fourth-order valence-electron chi connectivity index (χ4n) is 1.11.